The van der Waals surface area contributed by atoms with Gasteiger partial charge in [0.15, 0.2) is 0 Å². The Labute approximate surface area is 166 Å². The van der Waals surface area contributed by atoms with E-state index in [1.807, 2.05) is 31.2 Å². The summed E-state index contributed by atoms with van der Waals surface area (Å²) >= 11 is 7.24. The van der Waals surface area contributed by atoms with Crippen molar-refractivity contribution in [3.8, 4) is 0 Å². The molecule has 1 aliphatic rings. The number of rotatable bonds is 3. The Hall–Kier alpha value is -2.15. The molecule has 2 heterocycles. The first-order chi connectivity index (χ1) is 12.9. The van der Waals surface area contributed by atoms with Crippen LogP contribution in [0.5, 0.6) is 0 Å². The number of sulfone groups is 1. The van der Waals surface area contributed by atoms with Crippen LogP contribution in [0.4, 0.5) is 5.69 Å². The van der Waals surface area contributed by atoms with Gasteiger partial charge in [0, 0.05) is 27.6 Å². The van der Waals surface area contributed by atoms with Crippen LogP contribution in [0.2, 0.25) is 5.02 Å². The van der Waals surface area contributed by atoms with E-state index in [0.29, 0.717) is 17.1 Å². The average molecular weight is 418 g/mol. The quantitative estimate of drug-likeness (QED) is 0.651. The highest BCUT2D eigenvalue weighted by Crippen LogP contribution is 2.46. The van der Waals surface area contributed by atoms with Gasteiger partial charge < -0.3 is 5.32 Å². The highest BCUT2D eigenvalue weighted by atomic mass is 35.5. The van der Waals surface area contributed by atoms with Crippen molar-refractivity contribution in [1.82, 2.24) is 0 Å². The number of thiophene rings is 1. The largest absolute Gasteiger partial charge is 0.324 e. The van der Waals surface area contributed by atoms with E-state index < -0.39 is 9.84 Å². The SMILES string of the molecule is Cc1ccccc1C1CC(=O)Nc2c(S(=O)(=O)c3ccc(Cl)cc3)csc21. The first-order valence-electron chi connectivity index (χ1n) is 8.35. The van der Waals surface area contributed by atoms with Crippen molar-refractivity contribution in [1.29, 1.82) is 0 Å². The Morgan fingerprint density at radius 1 is 1.11 bits per heavy atom. The fraction of sp³-hybridized carbons (Fsp3) is 0.150. The molecule has 7 heteroatoms. The molecular weight excluding hydrogens is 402 g/mol. The molecule has 4 rings (SSSR count). The summed E-state index contributed by atoms with van der Waals surface area (Å²) in [6, 6.07) is 13.9. The zero-order valence-corrected chi connectivity index (χ0v) is 16.8. The van der Waals surface area contributed by atoms with Crippen LogP contribution >= 0.6 is 22.9 Å². The van der Waals surface area contributed by atoms with E-state index in [1.165, 1.54) is 23.5 Å². The molecule has 1 amide bonds. The summed E-state index contributed by atoms with van der Waals surface area (Å²) in [7, 11) is -3.76. The van der Waals surface area contributed by atoms with Crippen LogP contribution < -0.4 is 5.32 Å². The second-order valence-electron chi connectivity index (χ2n) is 6.46. The summed E-state index contributed by atoms with van der Waals surface area (Å²) in [6.45, 7) is 2.00. The van der Waals surface area contributed by atoms with E-state index in [1.54, 1.807) is 17.5 Å². The van der Waals surface area contributed by atoms with Crippen LogP contribution in [0.25, 0.3) is 0 Å². The van der Waals surface area contributed by atoms with Gasteiger partial charge in [0.25, 0.3) is 0 Å². The number of hydrogen-bond donors (Lipinski definition) is 1. The molecule has 1 aliphatic heterocycles. The van der Waals surface area contributed by atoms with Crippen molar-refractivity contribution in [3.63, 3.8) is 0 Å². The molecule has 0 radical (unpaired) electrons. The Bertz CT molecular complexity index is 1130. The number of benzene rings is 2. The van der Waals surface area contributed by atoms with E-state index >= 15 is 0 Å². The Morgan fingerprint density at radius 2 is 1.81 bits per heavy atom. The lowest BCUT2D eigenvalue weighted by Gasteiger charge is -2.25. The van der Waals surface area contributed by atoms with Crippen molar-refractivity contribution in [2.45, 2.75) is 29.1 Å². The molecule has 0 spiro atoms. The molecule has 1 unspecified atom stereocenters. The third-order valence-electron chi connectivity index (χ3n) is 4.73. The summed E-state index contributed by atoms with van der Waals surface area (Å²) in [6.07, 6.45) is 0.304. The third-order valence-corrected chi connectivity index (χ3v) is 8.02. The number of fused-ring (bicyclic) bond motifs is 1. The molecular formula is C20H16ClNO3S2. The number of nitrogens with one attached hydrogen (secondary N) is 1. The zero-order chi connectivity index (χ0) is 19.2. The lowest BCUT2D eigenvalue weighted by atomic mass is 9.88. The molecule has 1 N–H and O–H groups in total. The van der Waals surface area contributed by atoms with Gasteiger partial charge in [-0.15, -0.1) is 11.3 Å². The summed E-state index contributed by atoms with van der Waals surface area (Å²) in [5.74, 6) is -0.323. The molecule has 0 aliphatic carbocycles. The minimum absolute atomic E-state index is 0.136. The van der Waals surface area contributed by atoms with Crippen LogP contribution in [-0.4, -0.2) is 14.3 Å². The van der Waals surface area contributed by atoms with Gasteiger partial charge in [-0.1, -0.05) is 35.9 Å². The van der Waals surface area contributed by atoms with Gasteiger partial charge in [-0.2, -0.15) is 0 Å². The van der Waals surface area contributed by atoms with Crippen molar-refractivity contribution in [3.05, 3.63) is 74.9 Å². The molecule has 1 aromatic heterocycles. The van der Waals surface area contributed by atoms with Crippen LogP contribution in [0.1, 0.15) is 28.3 Å². The predicted octanol–water partition coefficient (Wildman–Crippen LogP) is 5.02. The maximum Gasteiger partial charge on any atom is 0.225 e. The number of aryl methyl sites for hydroxylation is 1. The average Bonchev–Trinajstić information content (AvgIpc) is 3.06. The van der Waals surface area contributed by atoms with Gasteiger partial charge in [-0.3, -0.25) is 4.79 Å². The Balaban J connectivity index is 1.85. The van der Waals surface area contributed by atoms with Crippen LogP contribution in [0, 0.1) is 6.92 Å². The summed E-state index contributed by atoms with van der Waals surface area (Å²) < 4.78 is 26.2. The van der Waals surface area contributed by atoms with Crippen molar-refractivity contribution < 1.29 is 13.2 Å². The van der Waals surface area contributed by atoms with E-state index in [4.69, 9.17) is 11.6 Å². The van der Waals surface area contributed by atoms with E-state index in [0.717, 1.165) is 16.0 Å². The second kappa shape index (κ2) is 6.78. The molecule has 2 aromatic carbocycles. The first-order valence-corrected chi connectivity index (χ1v) is 11.1. The Kier molecular flexibility index (Phi) is 4.58. The molecule has 138 valence electrons. The molecule has 0 saturated heterocycles. The molecule has 0 bridgehead atoms. The number of carbonyl (C=O) groups is 1. The maximum absolute atomic E-state index is 13.1. The molecule has 1 atom stereocenters. The smallest absolute Gasteiger partial charge is 0.225 e. The van der Waals surface area contributed by atoms with E-state index in [-0.39, 0.29) is 21.6 Å². The maximum atomic E-state index is 13.1. The van der Waals surface area contributed by atoms with Crippen molar-refractivity contribution >= 4 is 44.4 Å². The van der Waals surface area contributed by atoms with Gasteiger partial charge in [0.2, 0.25) is 15.7 Å². The fourth-order valence-electron chi connectivity index (χ4n) is 3.37. The summed E-state index contributed by atoms with van der Waals surface area (Å²) in [5, 5.41) is 4.86. The number of halogens is 1. The van der Waals surface area contributed by atoms with Gasteiger partial charge in [0.05, 0.1) is 10.6 Å². The lowest BCUT2D eigenvalue weighted by molar-refractivity contribution is -0.116. The molecule has 0 fully saturated rings. The van der Waals surface area contributed by atoms with E-state index in [2.05, 4.69) is 5.32 Å². The van der Waals surface area contributed by atoms with Crippen LogP contribution in [-0.2, 0) is 14.6 Å². The normalized spacial score (nSPS) is 16.7. The first kappa shape index (κ1) is 18.2. The highest BCUT2D eigenvalue weighted by molar-refractivity contribution is 7.91. The number of amides is 1. The Morgan fingerprint density at radius 3 is 2.52 bits per heavy atom. The van der Waals surface area contributed by atoms with Gasteiger partial charge >= 0.3 is 0 Å². The predicted molar refractivity (Wildman–Crippen MR) is 107 cm³/mol. The minimum Gasteiger partial charge on any atom is -0.324 e. The van der Waals surface area contributed by atoms with Gasteiger partial charge in [-0.05, 0) is 42.3 Å². The zero-order valence-electron chi connectivity index (χ0n) is 14.4. The van der Waals surface area contributed by atoms with Gasteiger partial charge in [0.1, 0.15) is 4.90 Å². The second-order valence-corrected chi connectivity index (χ2v) is 9.72. The molecule has 4 nitrogen and oxygen atoms in total. The molecule has 0 saturated carbocycles. The van der Waals surface area contributed by atoms with Crippen LogP contribution in [0.3, 0.4) is 0 Å². The number of hydrogen-bond acceptors (Lipinski definition) is 4. The molecule has 3 aromatic rings. The number of carbonyl (C=O) groups excluding carboxylic acids is 1. The van der Waals surface area contributed by atoms with E-state index in [9.17, 15) is 13.2 Å². The van der Waals surface area contributed by atoms with Gasteiger partial charge in [-0.25, -0.2) is 8.42 Å². The molecule has 27 heavy (non-hydrogen) atoms. The monoisotopic (exact) mass is 417 g/mol. The third kappa shape index (κ3) is 3.18. The van der Waals surface area contributed by atoms with Crippen molar-refractivity contribution in [2.75, 3.05) is 5.32 Å². The standard InChI is InChI=1S/C20H16ClNO3S2/c1-12-4-2-3-5-15(12)16-10-18(23)22-19-17(11-26-20(16)19)27(24,25)14-8-6-13(21)7-9-14/h2-9,11,16H,10H2,1H3,(H,22,23). The summed E-state index contributed by atoms with van der Waals surface area (Å²) in [5.41, 5.74) is 2.53. The summed E-state index contributed by atoms with van der Waals surface area (Å²) in [4.78, 5) is 13.5. The lowest BCUT2D eigenvalue weighted by Crippen LogP contribution is -2.23. The number of anilines is 1. The van der Waals surface area contributed by atoms with Crippen molar-refractivity contribution in [2.24, 2.45) is 0 Å². The van der Waals surface area contributed by atoms with Crippen LogP contribution in [0.15, 0.2) is 63.7 Å². The highest BCUT2D eigenvalue weighted by Gasteiger charge is 2.34. The topological polar surface area (TPSA) is 63.2 Å². The fourth-order valence-corrected chi connectivity index (χ4v) is 6.40. The minimum atomic E-state index is -3.76.